The van der Waals surface area contributed by atoms with E-state index >= 15 is 0 Å². The van der Waals surface area contributed by atoms with E-state index in [1.54, 1.807) is 19.3 Å². The number of hydrogen-bond acceptors (Lipinski definition) is 3. The van der Waals surface area contributed by atoms with E-state index < -0.39 is 5.91 Å². The minimum Gasteiger partial charge on any atom is -0.495 e. The van der Waals surface area contributed by atoms with Crippen LogP contribution in [0, 0.1) is 32.1 Å². The van der Waals surface area contributed by atoms with Gasteiger partial charge in [-0.15, -0.1) is 0 Å². The molecule has 0 aliphatic heterocycles. The van der Waals surface area contributed by atoms with Crippen LogP contribution in [-0.2, 0) is 11.3 Å². The molecule has 0 saturated heterocycles. The van der Waals surface area contributed by atoms with Gasteiger partial charge in [0.05, 0.1) is 12.8 Å². The van der Waals surface area contributed by atoms with Crippen LogP contribution < -0.4 is 10.1 Å². The summed E-state index contributed by atoms with van der Waals surface area (Å²) in [6.45, 7) is 8.94. The van der Waals surface area contributed by atoms with E-state index in [4.69, 9.17) is 4.74 Å². The molecular formula is C21H24BrN3O2. The number of rotatable bonds is 6. The summed E-state index contributed by atoms with van der Waals surface area (Å²) in [4.78, 5) is 12.7. The van der Waals surface area contributed by atoms with Crippen LogP contribution in [0.3, 0.4) is 0 Å². The molecule has 0 unspecified atom stereocenters. The van der Waals surface area contributed by atoms with Gasteiger partial charge in [0.25, 0.3) is 5.91 Å². The molecule has 6 heteroatoms. The maximum atomic E-state index is 12.7. The molecule has 0 saturated carbocycles. The minimum atomic E-state index is -0.457. The third-order valence-electron chi connectivity index (χ3n) is 4.45. The summed E-state index contributed by atoms with van der Waals surface area (Å²) in [7, 11) is 1.54. The first-order valence-electron chi connectivity index (χ1n) is 8.76. The van der Waals surface area contributed by atoms with E-state index in [-0.39, 0.29) is 5.57 Å². The van der Waals surface area contributed by atoms with E-state index in [0.29, 0.717) is 11.4 Å². The number of aromatic nitrogens is 1. The molecule has 0 aliphatic rings. The molecule has 142 valence electrons. The number of nitrogens with one attached hydrogen (secondary N) is 1. The molecule has 0 radical (unpaired) electrons. The SMILES string of the molecule is CCCn1c(C)cc(/C=C(/C#N)C(=O)Nc2c(C)cc(Br)cc2OC)c1C. The molecule has 0 aliphatic carbocycles. The first-order valence-corrected chi connectivity index (χ1v) is 9.55. The van der Waals surface area contributed by atoms with Gasteiger partial charge in [0, 0.05) is 22.4 Å². The van der Waals surface area contributed by atoms with Crippen molar-refractivity contribution >= 4 is 33.6 Å². The summed E-state index contributed by atoms with van der Waals surface area (Å²) in [5.41, 5.74) is 4.50. The average Bonchev–Trinajstić information content (AvgIpc) is 2.89. The summed E-state index contributed by atoms with van der Waals surface area (Å²) < 4.78 is 8.41. The topological polar surface area (TPSA) is 67.0 Å². The summed E-state index contributed by atoms with van der Waals surface area (Å²) in [5, 5.41) is 12.3. The molecule has 27 heavy (non-hydrogen) atoms. The number of aryl methyl sites for hydroxylation is 2. The molecule has 1 aromatic carbocycles. The zero-order chi connectivity index (χ0) is 20.1. The van der Waals surface area contributed by atoms with Crippen LogP contribution in [0.2, 0.25) is 0 Å². The molecule has 0 spiro atoms. The largest absolute Gasteiger partial charge is 0.495 e. The van der Waals surface area contributed by atoms with Gasteiger partial charge in [0.15, 0.2) is 0 Å². The second-order valence-electron chi connectivity index (χ2n) is 6.40. The zero-order valence-electron chi connectivity index (χ0n) is 16.3. The van der Waals surface area contributed by atoms with E-state index in [1.165, 1.54) is 0 Å². The maximum absolute atomic E-state index is 12.7. The molecule has 1 N–H and O–H groups in total. The zero-order valence-corrected chi connectivity index (χ0v) is 17.9. The highest BCUT2D eigenvalue weighted by atomic mass is 79.9. The van der Waals surface area contributed by atoms with Gasteiger partial charge in [-0.3, -0.25) is 4.79 Å². The predicted octanol–water partition coefficient (Wildman–Crippen LogP) is 5.14. The smallest absolute Gasteiger partial charge is 0.266 e. The van der Waals surface area contributed by atoms with Crippen LogP contribution >= 0.6 is 15.9 Å². The number of amides is 1. The summed E-state index contributed by atoms with van der Waals surface area (Å²) in [5.74, 6) is 0.0788. The summed E-state index contributed by atoms with van der Waals surface area (Å²) in [6.07, 6.45) is 2.66. The molecule has 1 heterocycles. The lowest BCUT2D eigenvalue weighted by molar-refractivity contribution is -0.112. The van der Waals surface area contributed by atoms with Gasteiger partial charge in [0.2, 0.25) is 0 Å². The number of benzene rings is 1. The number of carbonyl (C=O) groups is 1. The van der Waals surface area contributed by atoms with Crippen molar-refractivity contribution in [3.63, 3.8) is 0 Å². The van der Waals surface area contributed by atoms with E-state index in [2.05, 4.69) is 32.7 Å². The van der Waals surface area contributed by atoms with Crippen LogP contribution in [-0.4, -0.2) is 17.6 Å². The standard InChI is InChI=1S/C21H24BrN3O2/c1-6-7-25-14(3)9-16(15(25)4)10-17(12-23)21(26)24-20-13(2)8-18(22)11-19(20)27-5/h8-11H,6-7H2,1-5H3,(H,24,26)/b17-10-. The average molecular weight is 430 g/mol. The Hall–Kier alpha value is -2.52. The Balaban J connectivity index is 2.37. The van der Waals surface area contributed by atoms with Crippen molar-refractivity contribution in [3.05, 3.63) is 50.8 Å². The van der Waals surface area contributed by atoms with Crippen molar-refractivity contribution < 1.29 is 9.53 Å². The Morgan fingerprint density at radius 2 is 2.04 bits per heavy atom. The molecule has 2 rings (SSSR count). The first-order chi connectivity index (χ1) is 12.8. The lowest BCUT2D eigenvalue weighted by Gasteiger charge is -2.13. The van der Waals surface area contributed by atoms with Crippen LogP contribution in [0.1, 0.15) is 35.9 Å². The predicted molar refractivity (Wildman–Crippen MR) is 112 cm³/mol. The second-order valence-corrected chi connectivity index (χ2v) is 7.32. The highest BCUT2D eigenvalue weighted by Gasteiger charge is 2.16. The Bertz CT molecular complexity index is 936. The quantitative estimate of drug-likeness (QED) is 0.510. The number of nitriles is 1. The number of carbonyl (C=O) groups excluding carboxylic acids is 1. The fourth-order valence-electron chi connectivity index (χ4n) is 3.06. The van der Waals surface area contributed by atoms with Crippen LogP contribution in [0.5, 0.6) is 5.75 Å². The number of halogens is 1. The van der Waals surface area contributed by atoms with E-state index in [9.17, 15) is 10.1 Å². The van der Waals surface area contributed by atoms with Crippen LogP contribution in [0.25, 0.3) is 6.08 Å². The fraction of sp³-hybridized carbons (Fsp3) is 0.333. The van der Waals surface area contributed by atoms with Gasteiger partial charge < -0.3 is 14.6 Å². The van der Waals surface area contributed by atoms with Crippen molar-refractivity contribution in [1.29, 1.82) is 5.26 Å². The van der Waals surface area contributed by atoms with E-state index in [0.717, 1.165) is 40.0 Å². The third kappa shape index (κ3) is 4.61. The number of hydrogen-bond donors (Lipinski definition) is 1. The molecule has 5 nitrogen and oxygen atoms in total. The van der Waals surface area contributed by atoms with Gasteiger partial charge in [-0.1, -0.05) is 22.9 Å². The highest BCUT2D eigenvalue weighted by molar-refractivity contribution is 9.10. The van der Waals surface area contributed by atoms with Gasteiger partial charge >= 0.3 is 0 Å². The van der Waals surface area contributed by atoms with Crippen LogP contribution in [0.15, 0.2) is 28.2 Å². The first kappa shape index (κ1) is 20.8. The van der Waals surface area contributed by atoms with Crippen molar-refractivity contribution in [2.24, 2.45) is 0 Å². The number of nitrogens with zero attached hydrogens (tertiary/aromatic N) is 2. The number of anilines is 1. The fourth-order valence-corrected chi connectivity index (χ4v) is 3.61. The Kier molecular flexibility index (Phi) is 6.86. The Morgan fingerprint density at radius 3 is 2.63 bits per heavy atom. The lowest BCUT2D eigenvalue weighted by Crippen LogP contribution is -2.15. The van der Waals surface area contributed by atoms with Crippen LogP contribution in [0.4, 0.5) is 5.69 Å². The third-order valence-corrected chi connectivity index (χ3v) is 4.91. The summed E-state index contributed by atoms with van der Waals surface area (Å²) in [6, 6.07) is 7.67. The lowest BCUT2D eigenvalue weighted by atomic mass is 10.1. The molecule has 1 amide bonds. The molecule has 1 aromatic heterocycles. The van der Waals surface area contributed by atoms with Crippen molar-refractivity contribution in [3.8, 4) is 11.8 Å². The van der Waals surface area contributed by atoms with E-state index in [1.807, 2.05) is 39.0 Å². The number of ether oxygens (including phenoxy) is 1. The monoisotopic (exact) mass is 429 g/mol. The molecule has 2 aromatic rings. The van der Waals surface area contributed by atoms with Gasteiger partial charge in [-0.2, -0.15) is 5.26 Å². The van der Waals surface area contributed by atoms with Crippen molar-refractivity contribution in [2.75, 3.05) is 12.4 Å². The maximum Gasteiger partial charge on any atom is 0.266 e. The normalized spacial score (nSPS) is 11.2. The van der Waals surface area contributed by atoms with Gasteiger partial charge in [-0.05, 0) is 62.6 Å². The summed E-state index contributed by atoms with van der Waals surface area (Å²) >= 11 is 3.41. The van der Waals surface area contributed by atoms with Crippen molar-refractivity contribution in [1.82, 2.24) is 4.57 Å². The number of methoxy groups -OCH3 is 1. The highest BCUT2D eigenvalue weighted by Crippen LogP contribution is 2.32. The molecular weight excluding hydrogens is 406 g/mol. The second kappa shape index (κ2) is 8.92. The molecule has 0 bridgehead atoms. The molecule has 0 atom stereocenters. The van der Waals surface area contributed by atoms with Gasteiger partial charge in [0.1, 0.15) is 17.4 Å². The molecule has 0 fully saturated rings. The van der Waals surface area contributed by atoms with Gasteiger partial charge in [-0.25, -0.2) is 0 Å². The Labute approximate surface area is 168 Å². The Morgan fingerprint density at radius 1 is 1.33 bits per heavy atom. The minimum absolute atomic E-state index is 0.0520. The van der Waals surface area contributed by atoms with Crippen molar-refractivity contribution in [2.45, 2.75) is 40.7 Å².